The average molecular weight is 583 g/mol. The van der Waals surface area contributed by atoms with Crippen LogP contribution in [0.3, 0.4) is 0 Å². The Morgan fingerprint density at radius 3 is 1.97 bits per heavy atom. The molecule has 1 aliphatic heterocycles. The van der Waals surface area contributed by atoms with Gasteiger partial charge in [0.15, 0.2) is 12.3 Å². The van der Waals surface area contributed by atoms with Gasteiger partial charge in [0.1, 0.15) is 11.5 Å². The molecule has 2 aromatic carbocycles. The quantitative estimate of drug-likeness (QED) is 0.122. The molecule has 0 aromatic heterocycles. The summed E-state index contributed by atoms with van der Waals surface area (Å²) in [5.41, 5.74) is 1.19. The molecule has 1 heterocycles. The Balaban J connectivity index is 1.80. The van der Waals surface area contributed by atoms with Crippen molar-refractivity contribution < 1.29 is 45.8 Å². The van der Waals surface area contributed by atoms with Crippen molar-refractivity contribution in [2.45, 2.75) is 27.7 Å². The van der Waals surface area contributed by atoms with Gasteiger partial charge in [0.25, 0.3) is 11.8 Å². The second kappa shape index (κ2) is 14.4. The molecule has 13 nitrogen and oxygen atoms in total. The fourth-order valence-corrected chi connectivity index (χ4v) is 5.55. The molecule has 15 heteroatoms. The van der Waals surface area contributed by atoms with E-state index in [9.17, 15) is 13.9 Å². The molecule has 0 spiro atoms. The number of hydrogen-bond donors (Lipinski definition) is 1. The Kier molecular flexibility index (Phi) is 11.2. The molecule has 0 atom stereocenters. The maximum atomic E-state index is 13.0. The minimum absolute atomic E-state index is 0.0453. The van der Waals surface area contributed by atoms with Crippen LogP contribution in [0.4, 0.5) is 5.69 Å². The normalized spacial score (nSPS) is 14.7. The van der Waals surface area contributed by atoms with Crippen LogP contribution in [0.5, 0.6) is 11.5 Å². The van der Waals surface area contributed by atoms with Crippen LogP contribution < -0.4 is 14.6 Å². The van der Waals surface area contributed by atoms with E-state index in [1.54, 1.807) is 52.0 Å². The molecule has 1 N–H and O–H groups in total. The number of carbonyl (C=O) groups excluding carboxylic acids is 1. The fraction of sp³-hybridized carbons (Fsp3) is 0.375. The number of rotatable bonds is 15. The Morgan fingerprint density at radius 1 is 0.795 bits per heavy atom. The summed E-state index contributed by atoms with van der Waals surface area (Å²) in [6, 6.07) is 13.0. The molecule has 0 unspecified atom stereocenters. The number of phosphoric acid groups is 2. The standard InChI is InChI=1S/C24H31N3O10P2/c1-5-32-38(29,33-6-2)36-19-15-13-18(14-16-19)31-17-22(37-39(30,34-7-3)35-8-4)26-27-23-20-11-9-10-12-21(20)25-24(23)28/h9-16H,5-8,17H2,1-4H3,(H,25,27,28)/b26-22+. The monoisotopic (exact) mass is 583 g/mol. The second-order valence-electron chi connectivity index (χ2n) is 7.45. The predicted octanol–water partition coefficient (Wildman–Crippen LogP) is 5.58. The molecule has 1 aliphatic rings. The summed E-state index contributed by atoms with van der Waals surface area (Å²) in [5, 5.41) is 10.7. The average Bonchev–Trinajstić information content (AvgIpc) is 3.21. The van der Waals surface area contributed by atoms with Gasteiger partial charge in [-0.2, -0.15) is 0 Å². The van der Waals surface area contributed by atoms with Gasteiger partial charge in [-0.15, -0.1) is 10.2 Å². The summed E-state index contributed by atoms with van der Waals surface area (Å²) in [7, 11) is -7.80. The predicted molar refractivity (Wildman–Crippen MR) is 144 cm³/mol. The van der Waals surface area contributed by atoms with E-state index in [1.165, 1.54) is 24.3 Å². The number of hydrogen-bond acceptors (Lipinski definition) is 12. The molecule has 0 fully saturated rings. The van der Waals surface area contributed by atoms with E-state index in [2.05, 4.69) is 15.5 Å². The first-order chi connectivity index (χ1) is 18.7. The van der Waals surface area contributed by atoms with E-state index in [-0.39, 0.29) is 50.4 Å². The minimum Gasteiger partial charge on any atom is -0.484 e. The lowest BCUT2D eigenvalue weighted by Gasteiger charge is -2.18. The highest BCUT2D eigenvalue weighted by atomic mass is 31.2. The first kappa shape index (κ1) is 30.5. The number of phosphoric ester groups is 2. The van der Waals surface area contributed by atoms with Crippen LogP contribution in [0, 0.1) is 0 Å². The van der Waals surface area contributed by atoms with Crippen LogP contribution in [0.25, 0.3) is 0 Å². The Hall–Kier alpha value is -3.05. The smallest absolute Gasteiger partial charge is 0.484 e. The van der Waals surface area contributed by atoms with Crippen LogP contribution in [0.2, 0.25) is 0 Å². The number of fused-ring (bicyclic) bond motifs is 1. The van der Waals surface area contributed by atoms with Gasteiger partial charge in [-0.25, -0.2) is 9.13 Å². The fourth-order valence-electron chi connectivity index (χ4n) is 3.19. The Morgan fingerprint density at radius 2 is 1.36 bits per heavy atom. The number of nitrogens with zero attached hydrogens (tertiary/aromatic N) is 2. The molecule has 1 amide bonds. The zero-order valence-electron chi connectivity index (χ0n) is 22.0. The van der Waals surface area contributed by atoms with Crippen LogP contribution in [-0.4, -0.2) is 50.6 Å². The zero-order valence-corrected chi connectivity index (χ0v) is 23.8. The summed E-state index contributed by atoms with van der Waals surface area (Å²) in [6.07, 6.45) is 0. The molecule has 39 heavy (non-hydrogen) atoms. The van der Waals surface area contributed by atoms with Crippen molar-refractivity contribution in [1.82, 2.24) is 0 Å². The van der Waals surface area contributed by atoms with E-state index >= 15 is 0 Å². The van der Waals surface area contributed by atoms with Gasteiger partial charge in [-0.3, -0.25) is 22.9 Å². The lowest BCUT2D eigenvalue weighted by atomic mass is 10.1. The van der Waals surface area contributed by atoms with Gasteiger partial charge < -0.3 is 19.1 Å². The maximum absolute atomic E-state index is 13.0. The van der Waals surface area contributed by atoms with Gasteiger partial charge in [0.05, 0.1) is 32.1 Å². The van der Waals surface area contributed by atoms with Crippen molar-refractivity contribution in [3.05, 3.63) is 54.1 Å². The maximum Gasteiger partial charge on any atom is 0.531 e. The molecule has 0 bridgehead atoms. The third kappa shape index (κ3) is 8.72. The molecular weight excluding hydrogens is 552 g/mol. The van der Waals surface area contributed by atoms with E-state index in [0.29, 0.717) is 17.0 Å². The molecular formula is C24H31N3O10P2. The highest BCUT2D eigenvalue weighted by Gasteiger charge is 2.31. The van der Waals surface area contributed by atoms with Crippen molar-refractivity contribution in [2.75, 3.05) is 38.4 Å². The number of amides is 1. The molecule has 3 rings (SSSR count). The van der Waals surface area contributed by atoms with Crippen LogP contribution in [0.15, 0.2) is 58.7 Å². The van der Waals surface area contributed by atoms with Gasteiger partial charge in [0.2, 0.25) is 0 Å². The van der Waals surface area contributed by atoms with Gasteiger partial charge in [-0.1, -0.05) is 18.2 Å². The first-order valence-electron chi connectivity index (χ1n) is 12.2. The van der Waals surface area contributed by atoms with Crippen LogP contribution >= 0.6 is 15.6 Å². The third-order valence-corrected chi connectivity index (χ3v) is 7.84. The van der Waals surface area contributed by atoms with Gasteiger partial charge in [-0.05, 0) is 58.0 Å². The summed E-state index contributed by atoms with van der Waals surface area (Å²) in [4.78, 5) is 12.4. The van der Waals surface area contributed by atoms with E-state index in [4.69, 9.17) is 31.9 Å². The third-order valence-electron chi connectivity index (χ3n) is 4.68. The molecule has 0 aliphatic carbocycles. The molecule has 0 saturated heterocycles. The van der Waals surface area contributed by atoms with Crippen molar-refractivity contribution in [1.29, 1.82) is 0 Å². The number of ether oxygens (including phenoxy) is 1. The number of nitrogens with one attached hydrogen (secondary N) is 1. The van der Waals surface area contributed by atoms with Crippen molar-refractivity contribution in [3.63, 3.8) is 0 Å². The largest absolute Gasteiger partial charge is 0.531 e. The van der Waals surface area contributed by atoms with Crippen molar-refractivity contribution in [2.24, 2.45) is 10.2 Å². The topological polar surface area (TPSA) is 153 Å². The SMILES string of the molecule is CCOP(=O)(OCC)O/C(COc1ccc(OP(=O)(OCC)OCC)cc1)=N/N=C1\C(=O)Nc2ccccc21. The molecule has 212 valence electrons. The van der Waals surface area contributed by atoms with Gasteiger partial charge >= 0.3 is 15.6 Å². The molecule has 0 radical (unpaired) electrons. The molecule has 2 aromatic rings. The lowest BCUT2D eigenvalue weighted by Crippen LogP contribution is -2.17. The first-order valence-corrected chi connectivity index (χ1v) is 15.1. The van der Waals surface area contributed by atoms with Crippen LogP contribution in [-0.2, 0) is 36.5 Å². The van der Waals surface area contributed by atoms with E-state index in [0.717, 1.165) is 0 Å². The molecule has 0 saturated carbocycles. The van der Waals surface area contributed by atoms with Crippen molar-refractivity contribution in [3.8, 4) is 11.5 Å². The summed E-state index contributed by atoms with van der Waals surface area (Å²) < 4.78 is 62.8. The van der Waals surface area contributed by atoms with Crippen LogP contribution in [0.1, 0.15) is 33.3 Å². The number of para-hydroxylation sites is 1. The van der Waals surface area contributed by atoms with Crippen molar-refractivity contribution >= 4 is 38.8 Å². The number of carbonyl (C=O) groups is 1. The highest BCUT2D eigenvalue weighted by molar-refractivity contribution is 7.49. The Bertz CT molecular complexity index is 1260. The summed E-state index contributed by atoms with van der Waals surface area (Å²) in [6.45, 7) is 6.63. The van der Waals surface area contributed by atoms with E-state index < -0.39 is 21.6 Å². The summed E-state index contributed by atoms with van der Waals surface area (Å²) in [5.74, 6) is -0.153. The minimum atomic E-state index is -4.04. The lowest BCUT2D eigenvalue weighted by molar-refractivity contribution is -0.110. The zero-order chi connectivity index (χ0) is 28.3. The van der Waals surface area contributed by atoms with Gasteiger partial charge in [0, 0.05) is 5.56 Å². The van der Waals surface area contributed by atoms with E-state index in [1.807, 2.05) is 0 Å². The highest BCUT2D eigenvalue weighted by Crippen LogP contribution is 2.50. The summed E-state index contributed by atoms with van der Waals surface area (Å²) >= 11 is 0. The Labute approximate surface area is 226 Å². The number of anilines is 1. The number of benzene rings is 2. The second-order valence-corrected chi connectivity index (χ2v) is 10.6.